The van der Waals surface area contributed by atoms with Crippen molar-refractivity contribution in [3.63, 3.8) is 0 Å². The summed E-state index contributed by atoms with van der Waals surface area (Å²) in [7, 11) is 0. The Bertz CT molecular complexity index is 1320. The Hall–Kier alpha value is -4.71. The Morgan fingerprint density at radius 2 is 1.27 bits per heavy atom. The molecule has 17 nitrogen and oxygen atoms in total. The summed E-state index contributed by atoms with van der Waals surface area (Å²) in [6, 6.07) is 5.89. The van der Waals surface area contributed by atoms with Crippen molar-refractivity contribution in [2.75, 3.05) is 77.8 Å². The fourth-order valence-electron chi connectivity index (χ4n) is 4.27. The lowest BCUT2D eigenvalue weighted by Gasteiger charge is -2.21. The van der Waals surface area contributed by atoms with Gasteiger partial charge in [-0.2, -0.15) is 0 Å². The van der Waals surface area contributed by atoms with Crippen molar-refractivity contribution in [2.45, 2.75) is 46.3 Å². The molecule has 1 aromatic rings. The van der Waals surface area contributed by atoms with Crippen LogP contribution in [-0.2, 0) is 63.9 Å². The molecule has 1 atom stereocenters. The van der Waals surface area contributed by atoms with Gasteiger partial charge in [0, 0.05) is 50.7 Å². The topological polar surface area (TPSA) is 217 Å². The zero-order valence-corrected chi connectivity index (χ0v) is 29.4. The van der Waals surface area contributed by atoms with Crippen LogP contribution in [0.3, 0.4) is 0 Å². The van der Waals surface area contributed by atoms with Crippen molar-refractivity contribution >= 4 is 47.1 Å². The molecule has 4 N–H and O–H groups in total. The van der Waals surface area contributed by atoms with Crippen LogP contribution < -0.4 is 21.3 Å². The molecule has 0 saturated carbocycles. The number of esters is 1. The van der Waals surface area contributed by atoms with Crippen LogP contribution in [-0.4, -0.2) is 125 Å². The minimum absolute atomic E-state index is 0.0216. The number of anilines is 1. The second-order valence-electron chi connectivity index (χ2n) is 11.5. The van der Waals surface area contributed by atoms with Crippen LogP contribution in [0.25, 0.3) is 0 Å². The first-order chi connectivity index (χ1) is 24.5. The van der Waals surface area contributed by atoms with E-state index in [1.165, 1.54) is 19.1 Å². The highest BCUT2D eigenvalue weighted by Crippen LogP contribution is 2.11. The minimum atomic E-state index is -0.837. The predicted molar refractivity (Wildman–Crippen MR) is 182 cm³/mol. The van der Waals surface area contributed by atoms with Crippen LogP contribution in [0.2, 0.25) is 0 Å². The Balaban J connectivity index is 1.43. The zero-order valence-electron chi connectivity index (χ0n) is 29.4. The van der Waals surface area contributed by atoms with Crippen molar-refractivity contribution in [1.29, 1.82) is 0 Å². The summed E-state index contributed by atoms with van der Waals surface area (Å²) in [5.41, 5.74) is 1.27. The van der Waals surface area contributed by atoms with E-state index in [0.717, 1.165) is 10.5 Å². The van der Waals surface area contributed by atoms with Crippen molar-refractivity contribution in [2.24, 2.45) is 5.92 Å². The first kappa shape index (κ1) is 42.5. The van der Waals surface area contributed by atoms with Crippen LogP contribution in [0.5, 0.6) is 0 Å². The third-order valence-electron chi connectivity index (χ3n) is 6.99. The molecule has 1 aromatic carbocycles. The Labute approximate surface area is 297 Å². The third kappa shape index (κ3) is 18.7. The van der Waals surface area contributed by atoms with E-state index in [1.54, 1.807) is 38.1 Å². The fourth-order valence-corrected chi connectivity index (χ4v) is 4.27. The molecule has 0 saturated heterocycles. The molecule has 0 aliphatic carbocycles. The van der Waals surface area contributed by atoms with Gasteiger partial charge in [-0.3, -0.25) is 38.5 Å². The van der Waals surface area contributed by atoms with Gasteiger partial charge in [0.25, 0.3) is 11.8 Å². The number of carbonyl (C=O) groups is 7. The van der Waals surface area contributed by atoms with Gasteiger partial charge in [0.05, 0.1) is 59.4 Å². The number of nitrogens with zero attached hydrogens (tertiary/aromatic N) is 1. The lowest BCUT2D eigenvalue weighted by atomic mass is 10.0. The van der Waals surface area contributed by atoms with E-state index in [0.29, 0.717) is 38.7 Å². The average molecular weight is 720 g/mol. The molecule has 0 radical (unpaired) electrons. The first-order valence-corrected chi connectivity index (χ1v) is 16.7. The Kier molecular flexibility index (Phi) is 20.3. The highest BCUT2D eigenvalue weighted by atomic mass is 16.6. The van der Waals surface area contributed by atoms with Gasteiger partial charge >= 0.3 is 5.97 Å². The maximum Gasteiger partial charge on any atom is 0.302 e. The van der Waals surface area contributed by atoms with Crippen molar-refractivity contribution in [3.05, 3.63) is 42.0 Å². The molecular weight excluding hydrogens is 670 g/mol. The quantitative estimate of drug-likeness (QED) is 0.0558. The molecule has 1 heterocycles. The molecule has 0 aromatic heterocycles. The Morgan fingerprint density at radius 1 is 0.706 bits per heavy atom. The SMILES string of the molecule is CC(=O)OCc1ccc(NC(=O)CNC(=O)C(NC(=O)CCOCCOCCOCCOCCNC(=O)CCN2C(=O)C=CC2=O)C(C)C)cc1. The summed E-state index contributed by atoms with van der Waals surface area (Å²) in [6.07, 6.45) is 2.41. The number of hydrogen-bond acceptors (Lipinski definition) is 12. The van der Waals surface area contributed by atoms with Crippen LogP contribution in [0.1, 0.15) is 39.2 Å². The largest absolute Gasteiger partial charge is 0.461 e. The minimum Gasteiger partial charge on any atom is -0.461 e. The lowest BCUT2D eigenvalue weighted by molar-refractivity contribution is -0.142. The van der Waals surface area contributed by atoms with E-state index in [9.17, 15) is 33.6 Å². The lowest BCUT2D eigenvalue weighted by Crippen LogP contribution is -2.51. The van der Waals surface area contributed by atoms with Crippen molar-refractivity contribution in [1.82, 2.24) is 20.9 Å². The molecule has 2 rings (SSSR count). The molecule has 17 heteroatoms. The van der Waals surface area contributed by atoms with Crippen LogP contribution >= 0.6 is 0 Å². The first-order valence-electron chi connectivity index (χ1n) is 16.7. The van der Waals surface area contributed by atoms with E-state index < -0.39 is 29.7 Å². The highest BCUT2D eigenvalue weighted by Gasteiger charge is 2.25. The van der Waals surface area contributed by atoms with E-state index >= 15 is 0 Å². The summed E-state index contributed by atoms with van der Waals surface area (Å²) in [6.45, 7) is 7.38. The molecule has 282 valence electrons. The smallest absolute Gasteiger partial charge is 0.302 e. The number of benzene rings is 1. The molecule has 0 fully saturated rings. The van der Waals surface area contributed by atoms with Gasteiger partial charge in [0.15, 0.2) is 0 Å². The van der Waals surface area contributed by atoms with Gasteiger partial charge in [0.1, 0.15) is 12.6 Å². The standard InChI is InChI=1S/C34H49N5O12/c1-24(2)33(34(46)36-22-30(43)37-27-6-4-26(5-7-27)23-51-25(3)40)38-29(42)11-14-47-16-18-49-20-21-50-19-17-48-15-12-35-28(41)10-13-39-31(44)8-9-32(39)45/h4-9,24,33H,10-23H2,1-3H3,(H,35,41)(H,36,46)(H,37,43)(H,38,42). The second kappa shape index (κ2) is 24.4. The molecular formula is C34H49N5O12. The average Bonchev–Trinajstić information content (AvgIpc) is 3.42. The summed E-state index contributed by atoms with van der Waals surface area (Å²) < 4.78 is 26.6. The maximum absolute atomic E-state index is 12.7. The normalized spacial score (nSPS) is 12.9. The summed E-state index contributed by atoms with van der Waals surface area (Å²) in [5.74, 6) is -3.04. The zero-order chi connectivity index (χ0) is 37.4. The number of rotatable bonds is 26. The Morgan fingerprint density at radius 3 is 1.84 bits per heavy atom. The van der Waals surface area contributed by atoms with Crippen LogP contribution in [0.4, 0.5) is 5.69 Å². The van der Waals surface area contributed by atoms with Gasteiger partial charge in [0.2, 0.25) is 23.6 Å². The van der Waals surface area contributed by atoms with Crippen LogP contribution in [0, 0.1) is 5.92 Å². The summed E-state index contributed by atoms with van der Waals surface area (Å²) in [4.78, 5) is 84.1. The summed E-state index contributed by atoms with van der Waals surface area (Å²) in [5, 5.41) is 10.6. The van der Waals surface area contributed by atoms with Gasteiger partial charge < -0.3 is 45.0 Å². The molecule has 51 heavy (non-hydrogen) atoms. The van der Waals surface area contributed by atoms with Gasteiger partial charge in [-0.15, -0.1) is 0 Å². The fraction of sp³-hybridized carbons (Fsp3) is 0.559. The van der Waals surface area contributed by atoms with E-state index in [4.69, 9.17) is 23.7 Å². The molecule has 0 bridgehead atoms. The molecule has 0 spiro atoms. The van der Waals surface area contributed by atoms with Crippen molar-refractivity contribution in [3.8, 4) is 0 Å². The van der Waals surface area contributed by atoms with E-state index in [-0.39, 0.29) is 82.6 Å². The van der Waals surface area contributed by atoms with Crippen LogP contribution in [0.15, 0.2) is 36.4 Å². The second-order valence-corrected chi connectivity index (χ2v) is 11.5. The summed E-state index contributed by atoms with van der Waals surface area (Å²) >= 11 is 0. The van der Waals surface area contributed by atoms with Crippen molar-refractivity contribution < 1.29 is 57.2 Å². The molecule has 1 aliphatic rings. The van der Waals surface area contributed by atoms with E-state index in [1.807, 2.05) is 0 Å². The van der Waals surface area contributed by atoms with Gasteiger partial charge in [-0.25, -0.2) is 0 Å². The number of ether oxygens (including phenoxy) is 5. The van der Waals surface area contributed by atoms with Gasteiger partial charge in [-0.05, 0) is 23.6 Å². The third-order valence-corrected chi connectivity index (χ3v) is 6.99. The number of hydrogen-bond donors (Lipinski definition) is 4. The molecule has 1 aliphatic heterocycles. The predicted octanol–water partition coefficient (Wildman–Crippen LogP) is -0.167. The molecule has 1 unspecified atom stereocenters. The van der Waals surface area contributed by atoms with Gasteiger partial charge in [-0.1, -0.05) is 26.0 Å². The highest BCUT2D eigenvalue weighted by molar-refractivity contribution is 6.13. The van der Waals surface area contributed by atoms with E-state index in [2.05, 4.69) is 21.3 Å². The number of amides is 6. The monoisotopic (exact) mass is 719 g/mol. The molecule has 6 amide bonds. The number of nitrogens with one attached hydrogen (secondary N) is 4. The number of carbonyl (C=O) groups excluding carboxylic acids is 7. The maximum atomic E-state index is 12.7. The number of imide groups is 1.